The van der Waals surface area contributed by atoms with E-state index in [1.807, 2.05) is 6.92 Å². The number of hydrogen-bond donors (Lipinski definition) is 1. The number of nitrogens with one attached hydrogen (secondary N) is 1. The highest BCUT2D eigenvalue weighted by molar-refractivity contribution is 7.89. The Balaban J connectivity index is 2.05. The lowest BCUT2D eigenvalue weighted by molar-refractivity contribution is 0.520. The zero-order valence-corrected chi connectivity index (χ0v) is 15.3. The number of sulfonamides is 1. The minimum atomic E-state index is -3.42. The van der Waals surface area contributed by atoms with E-state index in [1.165, 1.54) is 24.5 Å². The first-order valence-corrected chi connectivity index (χ1v) is 9.23. The van der Waals surface area contributed by atoms with Gasteiger partial charge in [0.2, 0.25) is 10.0 Å². The summed E-state index contributed by atoms with van der Waals surface area (Å²) in [5, 5.41) is 3.40. The molecule has 0 aromatic heterocycles. The Morgan fingerprint density at radius 2 is 1.79 bits per heavy atom. The molecule has 1 atom stereocenters. The van der Waals surface area contributed by atoms with Crippen molar-refractivity contribution in [2.75, 3.05) is 14.1 Å². The van der Waals surface area contributed by atoms with Crippen LogP contribution in [0.1, 0.15) is 24.1 Å². The topological polar surface area (TPSA) is 49.4 Å². The quantitative estimate of drug-likeness (QED) is 0.845. The van der Waals surface area contributed by atoms with Crippen LogP contribution in [0, 0.1) is 5.82 Å². The molecule has 2 aromatic rings. The lowest BCUT2D eigenvalue weighted by atomic mass is 10.1. The average Bonchev–Trinajstić information content (AvgIpc) is 2.55. The van der Waals surface area contributed by atoms with Crippen molar-refractivity contribution in [3.8, 4) is 0 Å². The van der Waals surface area contributed by atoms with Gasteiger partial charge in [-0.1, -0.05) is 29.8 Å². The van der Waals surface area contributed by atoms with Crippen LogP contribution in [0.25, 0.3) is 0 Å². The van der Waals surface area contributed by atoms with E-state index < -0.39 is 15.8 Å². The molecule has 0 radical (unpaired) electrons. The Morgan fingerprint density at radius 1 is 1.17 bits per heavy atom. The summed E-state index contributed by atoms with van der Waals surface area (Å²) < 4.78 is 38.4. The van der Waals surface area contributed by atoms with E-state index in [0.29, 0.717) is 6.54 Å². The fourth-order valence-corrected chi connectivity index (χ4v) is 3.28. The molecular weight excluding hydrogens is 351 g/mol. The molecule has 4 nitrogen and oxygen atoms in total. The molecule has 24 heavy (non-hydrogen) atoms. The highest BCUT2D eigenvalue weighted by atomic mass is 35.5. The van der Waals surface area contributed by atoms with Crippen LogP contribution in [-0.4, -0.2) is 26.8 Å². The summed E-state index contributed by atoms with van der Waals surface area (Å²) >= 11 is 5.77. The Bertz CT molecular complexity index is 808. The summed E-state index contributed by atoms with van der Waals surface area (Å²) in [6, 6.07) is 11.4. The standard InChI is InChI=1S/C17H20ClFN2O2S/c1-12(20-11-13-4-9-17(19)16(18)10-13)14-5-7-15(8-6-14)24(22,23)21(2)3/h4-10,12,20H,11H2,1-3H3. The third-order valence-electron chi connectivity index (χ3n) is 3.76. The molecule has 0 heterocycles. The van der Waals surface area contributed by atoms with Gasteiger partial charge in [-0.25, -0.2) is 17.1 Å². The van der Waals surface area contributed by atoms with Crippen LogP contribution in [0.4, 0.5) is 4.39 Å². The van der Waals surface area contributed by atoms with Crippen LogP contribution in [0.3, 0.4) is 0 Å². The lowest BCUT2D eigenvalue weighted by Crippen LogP contribution is -2.22. The fraction of sp³-hybridized carbons (Fsp3) is 0.294. The van der Waals surface area contributed by atoms with Gasteiger partial charge in [-0.2, -0.15) is 0 Å². The van der Waals surface area contributed by atoms with Crippen LogP contribution in [0.2, 0.25) is 5.02 Å². The maximum Gasteiger partial charge on any atom is 0.242 e. The van der Waals surface area contributed by atoms with Gasteiger partial charge in [0.05, 0.1) is 9.92 Å². The highest BCUT2D eigenvalue weighted by Crippen LogP contribution is 2.20. The second-order valence-corrected chi connectivity index (χ2v) is 8.27. The highest BCUT2D eigenvalue weighted by Gasteiger charge is 2.17. The first-order chi connectivity index (χ1) is 11.2. The third kappa shape index (κ3) is 4.33. The van der Waals surface area contributed by atoms with Crippen molar-refractivity contribution in [2.24, 2.45) is 0 Å². The summed E-state index contributed by atoms with van der Waals surface area (Å²) in [5.74, 6) is -0.439. The van der Waals surface area contributed by atoms with Gasteiger partial charge in [0.25, 0.3) is 0 Å². The molecule has 1 N–H and O–H groups in total. The maximum absolute atomic E-state index is 13.1. The van der Waals surface area contributed by atoms with E-state index >= 15 is 0 Å². The Labute approximate surface area is 147 Å². The van der Waals surface area contributed by atoms with E-state index in [0.717, 1.165) is 11.1 Å². The van der Waals surface area contributed by atoms with Crippen molar-refractivity contribution in [1.82, 2.24) is 9.62 Å². The maximum atomic E-state index is 13.1. The van der Waals surface area contributed by atoms with Gasteiger partial charge in [-0.3, -0.25) is 0 Å². The van der Waals surface area contributed by atoms with Gasteiger partial charge in [0, 0.05) is 26.7 Å². The van der Waals surface area contributed by atoms with Crippen molar-refractivity contribution in [1.29, 1.82) is 0 Å². The second kappa shape index (κ2) is 7.61. The molecule has 7 heteroatoms. The molecule has 130 valence electrons. The van der Waals surface area contributed by atoms with E-state index in [2.05, 4.69) is 5.32 Å². The number of rotatable bonds is 6. The molecule has 0 aliphatic heterocycles. The molecule has 2 rings (SSSR count). The van der Waals surface area contributed by atoms with Crippen LogP contribution < -0.4 is 5.32 Å². The van der Waals surface area contributed by atoms with E-state index in [9.17, 15) is 12.8 Å². The van der Waals surface area contributed by atoms with Crippen LogP contribution >= 0.6 is 11.6 Å². The summed E-state index contributed by atoms with van der Waals surface area (Å²) in [4.78, 5) is 0.258. The van der Waals surface area contributed by atoms with Gasteiger partial charge in [-0.05, 0) is 42.3 Å². The zero-order valence-electron chi connectivity index (χ0n) is 13.8. The molecule has 0 spiro atoms. The summed E-state index contributed by atoms with van der Waals surface area (Å²) in [6.45, 7) is 2.50. The predicted octanol–water partition coefficient (Wildman–Crippen LogP) is 3.58. The number of benzene rings is 2. The molecule has 0 aliphatic carbocycles. The molecule has 2 aromatic carbocycles. The first kappa shape index (κ1) is 18.9. The monoisotopic (exact) mass is 370 g/mol. The smallest absolute Gasteiger partial charge is 0.242 e. The summed E-state index contributed by atoms with van der Waals surface area (Å²) in [5.41, 5.74) is 1.83. The van der Waals surface area contributed by atoms with Gasteiger partial charge < -0.3 is 5.32 Å². The first-order valence-electron chi connectivity index (χ1n) is 7.41. The molecule has 0 aliphatic rings. The van der Waals surface area contributed by atoms with Crippen LogP contribution in [0.15, 0.2) is 47.4 Å². The van der Waals surface area contributed by atoms with Crippen molar-refractivity contribution in [3.05, 3.63) is 64.4 Å². The number of nitrogens with zero attached hydrogens (tertiary/aromatic N) is 1. The predicted molar refractivity (Wildman–Crippen MR) is 94.0 cm³/mol. The molecule has 0 saturated heterocycles. The minimum absolute atomic E-state index is 0.00457. The van der Waals surface area contributed by atoms with E-state index in [-0.39, 0.29) is 16.0 Å². The lowest BCUT2D eigenvalue weighted by Gasteiger charge is -2.16. The SMILES string of the molecule is CC(NCc1ccc(F)c(Cl)c1)c1ccc(S(=O)(=O)N(C)C)cc1. The summed E-state index contributed by atoms with van der Waals surface area (Å²) in [6.07, 6.45) is 0. The third-order valence-corrected chi connectivity index (χ3v) is 5.87. The van der Waals surface area contributed by atoms with Crippen molar-refractivity contribution in [3.63, 3.8) is 0 Å². The second-order valence-electron chi connectivity index (χ2n) is 5.71. The fourth-order valence-electron chi connectivity index (χ4n) is 2.18. The Kier molecular flexibility index (Phi) is 5.98. The van der Waals surface area contributed by atoms with Gasteiger partial charge in [0.15, 0.2) is 0 Å². The molecular formula is C17H20ClFN2O2S. The van der Waals surface area contributed by atoms with E-state index in [1.54, 1.807) is 36.4 Å². The van der Waals surface area contributed by atoms with Crippen LogP contribution in [0.5, 0.6) is 0 Å². The molecule has 1 unspecified atom stereocenters. The van der Waals surface area contributed by atoms with Crippen LogP contribution in [-0.2, 0) is 16.6 Å². The number of hydrogen-bond acceptors (Lipinski definition) is 3. The van der Waals surface area contributed by atoms with E-state index in [4.69, 9.17) is 11.6 Å². The Hall–Kier alpha value is -1.47. The minimum Gasteiger partial charge on any atom is -0.306 e. The normalized spacial score (nSPS) is 13.2. The van der Waals surface area contributed by atoms with Gasteiger partial charge >= 0.3 is 0 Å². The summed E-state index contributed by atoms with van der Waals surface area (Å²) in [7, 11) is -0.418. The molecule has 0 fully saturated rings. The van der Waals surface area contributed by atoms with Gasteiger partial charge in [0.1, 0.15) is 5.82 Å². The number of halogens is 2. The van der Waals surface area contributed by atoms with Crippen molar-refractivity contribution in [2.45, 2.75) is 24.4 Å². The molecule has 0 bridgehead atoms. The van der Waals surface area contributed by atoms with Crippen molar-refractivity contribution < 1.29 is 12.8 Å². The molecule has 0 amide bonds. The molecule has 0 saturated carbocycles. The largest absolute Gasteiger partial charge is 0.306 e. The average molecular weight is 371 g/mol. The van der Waals surface area contributed by atoms with Gasteiger partial charge in [-0.15, -0.1) is 0 Å². The Morgan fingerprint density at radius 3 is 2.33 bits per heavy atom. The zero-order chi connectivity index (χ0) is 17.9. The van der Waals surface area contributed by atoms with Crippen molar-refractivity contribution >= 4 is 21.6 Å².